The Labute approximate surface area is 183 Å². The molecule has 3 heterocycles. The zero-order chi connectivity index (χ0) is 21.4. The van der Waals surface area contributed by atoms with Crippen LogP contribution in [-0.4, -0.2) is 20.6 Å². The molecule has 0 spiro atoms. The monoisotopic (exact) mass is 434 g/mol. The van der Waals surface area contributed by atoms with Gasteiger partial charge in [0.1, 0.15) is 10.6 Å². The second kappa shape index (κ2) is 8.32. The van der Waals surface area contributed by atoms with Crippen LogP contribution in [0.1, 0.15) is 33.7 Å². The number of rotatable bonds is 5. The molecule has 31 heavy (non-hydrogen) atoms. The lowest BCUT2D eigenvalue weighted by molar-refractivity contribution is 0.462. The molecule has 158 valence electrons. The van der Waals surface area contributed by atoms with Crippen LogP contribution in [0.2, 0.25) is 0 Å². The van der Waals surface area contributed by atoms with Crippen molar-refractivity contribution in [2.75, 3.05) is 0 Å². The number of pyridine rings is 1. The van der Waals surface area contributed by atoms with Gasteiger partial charge in [-0.25, -0.2) is 9.37 Å². The molecule has 5 rings (SSSR count). The summed E-state index contributed by atoms with van der Waals surface area (Å²) in [6, 6.07) is 11.4. The summed E-state index contributed by atoms with van der Waals surface area (Å²) in [6.45, 7) is 2.83. The Balaban J connectivity index is 1.35. The molecule has 1 aromatic carbocycles. The van der Waals surface area contributed by atoms with Gasteiger partial charge in [-0.15, -0.1) is 11.3 Å². The molecule has 0 radical (unpaired) electrons. The van der Waals surface area contributed by atoms with Gasteiger partial charge < -0.3 is 5.32 Å². The van der Waals surface area contributed by atoms with Crippen LogP contribution in [0.4, 0.5) is 4.39 Å². The highest BCUT2D eigenvalue weighted by Gasteiger charge is 2.25. The second-order valence-corrected chi connectivity index (χ2v) is 9.17. The molecule has 1 aliphatic rings. The molecule has 0 saturated carbocycles. The lowest BCUT2D eigenvalue weighted by atomic mass is 9.93. The minimum absolute atomic E-state index is 0.00897. The molecule has 4 aromatic rings. The lowest BCUT2D eigenvalue weighted by Gasteiger charge is -2.23. The van der Waals surface area contributed by atoms with Crippen molar-refractivity contribution in [1.82, 2.24) is 19.9 Å². The largest absolute Gasteiger partial charge is 0.310 e. The zero-order valence-corrected chi connectivity index (χ0v) is 18.1. The number of benzene rings is 1. The number of nitrogens with one attached hydrogen (secondary N) is 1. The van der Waals surface area contributed by atoms with Crippen LogP contribution in [0.25, 0.3) is 10.2 Å². The zero-order valence-electron chi connectivity index (χ0n) is 17.3. The Bertz CT molecular complexity index is 1300. The highest BCUT2D eigenvalue weighted by atomic mass is 32.1. The van der Waals surface area contributed by atoms with Crippen LogP contribution in [0.3, 0.4) is 0 Å². The van der Waals surface area contributed by atoms with Crippen molar-refractivity contribution in [1.29, 1.82) is 0 Å². The van der Waals surface area contributed by atoms with E-state index in [4.69, 9.17) is 0 Å². The second-order valence-electron chi connectivity index (χ2n) is 8.09. The van der Waals surface area contributed by atoms with Crippen LogP contribution in [0, 0.1) is 12.7 Å². The van der Waals surface area contributed by atoms with Crippen molar-refractivity contribution >= 4 is 21.6 Å². The van der Waals surface area contributed by atoms with E-state index in [1.54, 1.807) is 41.4 Å². The van der Waals surface area contributed by atoms with E-state index in [0.29, 0.717) is 24.7 Å². The average Bonchev–Trinajstić information content (AvgIpc) is 3.16. The van der Waals surface area contributed by atoms with Crippen molar-refractivity contribution in [2.24, 2.45) is 0 Å². The summed E-state index contributed by atoms with van der Waals surface area (Å²) in [5.41, 5.74) is 3.61. The molecule has 1 N–H and O–H groups in total. The third-order valence-electron chi connectivity index (χ3n) is 5.93. The van der Waals surface area contributed by atoms with E-state index in [0.717, 1.165) is 46.3 Å². The number of aryl methyl sites for hydroxylation is 2. The van der Waals surface area contributed by atoms with Gasteiger partial charge in [0.15, 0.2) is 0 Å². The van der Waals surface area contributed by atoms with Gasteiger partial charge in [-0.3, -0.25) is 14.3 Å². The van der Waals surface area contributed by atoms with E-state index in [1.807, 2.05) is 30.3 Å². The highest BCUT2D eigenvalue weighted by Crippen LogP contribution is 2.33. The number of hydrogen-bond acceptors (Lipinski definition) is 5. The van der Waals surface area contributed by atoms with E-state index in [9.17, 15) is 9.18 Å². The lowest BCUT2D eigenvalue weighted by Crippen LogP contribution is -2.33. The van der Waals surface area contributed by atoms with Gasteiger partial charge in [0, 0.05) is 23.7 Å². The molecular weight excluding hydrogens is 411 g/mol. The fraction of sp³-hybridized carbons (Fsp3) is 0.292. The number of aromatic nitrogens is 3. The maximum Gasteiger partial charge on any atom is 0.262 e. The number of halogens is 1. The van der Waals surface area contributed by atoms with E-state index in [2.05, 4.69) is 15.3 Å². The fourth-order valence-electron chi connectivity index (χ4n) is 4.16. The first-order chi connectivity index (χ1) is 15.1. The van der Waals surface area contributed by atoms with Crippen LogP contribution >= 0.6 is 11.3 Å². The third-order valence-corrected chi connectivity index (χ3v) is 7.09. The van der Waals surface area contributed by atoms with Gasteiger partial charge in [-0.1, -0.05) is 18.2 Å². The number of hydrogen-bond donors (Lipinski definition) is 1. The van der Waals surface area contributed by atoms with Gasteiger partial charge >= 0.3 is 0 Å². The fourth-order valence-corrected chi connectivity index (χ4v) is 5.42. The molecule has 0 bridgehead atoms. The van der Waals surface area contributed by atoms with E-state index in [-0.39, 0.29) is 11.4 Å². The van der Waals surface area contributed by atoms with Gasteiger partial charge in [-0.05, 0) is 61.1 Å². The van der Waals surface area contributed by atoms with Crippen LogP contribution in [-0.2, 0) is 25.9 Å². The van der Waals surface area contributed by atoms with E-state index in [1.165, 1.54) is 4.88 Å². The smallest absolute Gasteiger partial charge is 0.262 e. The van der Waals surface area contributed by atoms with E-state index >= 15 is 0 Å². The number of thiophene rings is 1. The highest BCUT2D eigenvalue weighted by molar-refractivity contribution is 7.18. The Kier molecular flexibility index (Phi) is 5.38. The molecular formula is C24H23FN4OS. The van der Waals surface area contributed by atoms with Crippen LogP contribution in [0.15, 0.2) is 53.7 Å². The Morgan fingerprint density at radius 3 is 2.97 bits per heavy atom. The van der Waals surface area contributed by atoms with Gasteiger partial charge in [0.05, 0.1) is 24.0 Å². The molecule has 0 saturated heterocycles. The Morgan fingerprint density at radius 2 is 2.16 bits per heavy atom. The summed E-state index contributed by atoms with van der Waals surface area (Å²) in [5.74, 6) is -0.164. The summed E-state index contributed by atoms with van der Waals surface area (Å²) in [4.78, 5) is 24.1. The predicted molar refractivity (Wildman–Crippen MR) is 121 cm³/mol. The molecule has 1 aliphatic carbocycles. The molecule has 0 amide bonds. The third kappa shape index (κ3) is 4.03. The van der Waals surface area contributed by atoms with Gasteiger partial charge in [0.25, 0.3) is 5.56 Å². The van der Waals surface area contributed by atoms with Crippen molar-refractivity contribution < 1.29 is 4.39 Å². The van der Waals surface area contributed by atoms with Gasteiger partial charge in [0.2, 0.25) is 0 Å². The Morgan fingerprint density at radius 1 is 1.26 bits per heavy atom. The first-order valence-electron chi connectivity index (χ1n) is 10.5. The summed E-state index contributed by atoms with van der Waals surface area (Å²) < 4.78 is 15.4. The minimum atomic E-state index is -0.164. The first-order valence-corrected chi connectivity index (χ1v) is 11.3. The predicted octanol–water partition coefficient (Wildman–Crippen LogP) is 4.00. The van der Waals surface area contributed by atoms with Crippen LogP contribution in [0.5, 0.6) is 0 Å². The van der Waals surface area contributed by atoms with Crippen molar-refractivity contribution in [2.45, 2.75) is 45.3 Å². The molecule has 0 fully saturated rings. The van der Waals surface area contributed by atoms with Crippen molar-refractivity contribution in [3.05, 3.63) is 92.4 Å². The molecule has 3 aromatic heterocycles. The summed E-state index contributed by atoms with van der Waals surface area (Å²) in [5, 5.41) is 4.32. The van der Waals surface area contributed by atoms with Crippen molar-refractivity contribution in [3.8, 4) is 0 Å². The van der Waals surface area contributed by atoms with E-state index < -0.39 is 0 Å². The molecule has 0 aliphatic heterocycles. The van der Waals surface area contributed by atoms with Crippen LogP contribution < -0.4 is 10.9 Å². The molecule has 7 heteroatoms. The average molecular weight is 435 g/mol. The number of fused-ring (bicyclic) bond motifs is 3. The first kappa shape index (κ1) is 20.0. The molecule has 1 atom stereocenters. The summed E-state index contributed by atoms with van der Waals surface area (Å²) >= 11 is 1.62. The SMILES string of the molecule is Cc1ccc(CNC2CCc3c(sc4ncn(Cc5ccccn5)c(=O)c34)C2)cc1F. The quantitative estimate of drug-likeness (QED) is 0.516. The normalized spacial score (nSPS) is 15.9. The maximum absolute atomic E-state index is 13.8. The number of nitrogens with zero attached hydrogens (tertiary/aromatic N) is 3. The standard InChI is InChI=1S/C24H23FN4OS/c1-15-5-6-16(10-20(15)25)12-27-17-7-8-19-21(11-17)31-23-22(19)24(30)29(14-28-23)13-18-4-2-3-9-26-18/h2-6,9-10,14,17,27H,7-8,11-13H2,1H3. The summed E-state index contributed by atoms with van der Waals surface area (Å²) in [6.07, 6.45) is 6.02. The Hall–Kier alpha value is -2.90. The van der Waals surface area contributed by atoms with Crippen molar-refractivity contribution in [3.63, 3.8) is 0 Å². The topological polar surface area (TPSA) is 59.8 Å². The molecule has 5 nitrogen and oxygen atoms in total. The summed E-state index contributed by atoms with van der Waals surface area (Å²) in [7, 11) is 0. The maximum atomic E-state index is 13.8. The minimum Gasteiger partial charge on any atom is -0.310 e. The van der Waals surface area contributed by atoms with Gasteiger partial charge in [-0.2, -0.15) is 0 Å². The molecule has 1 unspecified atom stereocenters.